The fourth-order valence-corrected chi connectivity index (χ4v) is 6.44. The number of anilines is 1. The van der Waals surface area contributed by atoms with Crippen molar-refractivity contribution in [1.29, 1.82) is 0 Å². The van der Waals surface area contributed by atoms with Gasteiger partial charge in [0.2, 0.25) is 0 Å². The zero-order chi connectivity index (χ0) is 27.4. The van der Waals surface area contributed by atoms with Crippen LogP contribution in [0.1, 0.15) is 64.5 Å². The van der Waals surface area contributed by atoms with E-state index in [0.717, 1.165) is 61.9 Å². The van der Waals surface area contributed by atoms with Crippen LogP contribution in [0.25, 0.3) is 5.57 Å². The van der Waals surface area contributed by atoms with Crippen molar-refractivity contribution in [3.8, 4) is 0 Å². The summed E-state index contributed by atoms with van der Waals surface area (Å²) in [5.74, 6) is 0. The highest BCUT2D eigenvalue weighted by atomic mass is 32.2. The predicted octanol–water partition coefficient (Wildman–Crippen LogP) is 4.90. The van der Waals surface area contributed by atoms with Crippen molar-refractivity contribution in [3.05, 3.63) is 59.2 Å². The lowest BCUT2D eigenvalue weighted by Gasteiger charge is -2.24. The normalized spacial score (nSPS) is 14.5. The molecule has 0 spiro atoms. The standard InChI is InChI=1S/C27H36N2O6S2/c1-5-28(6-2)22-13-9-20(10-14-22)27(21-11-15-23(16-12-21)29(7-3)8-4)25-18-17-24(36(30,31)32)19-26(25)37(33,34)35/h9-10,13-14,17-19H,5-8,11-12,15-16H2,1-4H3,(H-,30,31,32,33,34,35)/p+1. The average molecular weight is 550 g/mol. The van der Waals surface area contributed by atoms with Crippen molar-refractivity contribution >= 4 is 37.2 Å². The van der Waals surface area contributed by atoms with Gasteiger partial charge in [-0.15, -0.1) is 0 Å². The molecule has 2 aromatic rings. The Labute approximate surface area is 220 Å². The maximum atomic E-state index is 12.4. The van der Waals surface area contributed by atoms with Crippen LogP contribution >= 0.6 is 0 Å². The number of rotatable bonds is 9. The van der Waals surface area contributed by atoms with Gasteiger partial charge in [-0.05, 0) is 75.9 Å². The van der Waals surface area contributed by atoms with Crippen molar-refractivity contribution < 1.29 is 30.5 Å². The van der Waals surface area contributed by atoms with Gasteiger partial charge >= 0.3 is 0 Å². The first kappa shape index (κ1) is 29.0. The number of hydrogen-bond acceptors (Lipinski definition) is 5. The third kappa shape index (κ3) is 6.67. The van der Waals surface area contributed by atoms with Crippen molar-refractivity contribution in [2.45, 2.75) is 63.2 Å². The highest BCUT2D eigenvalue weighted by Gasteiger charge is 2.27. The zero-order valence-electron chi connectivity index (χ0n) is 21.9. The molecule has 0 unspecified atom stereocenters. The number of nitrogens with zero attached hydrogens (tertiary/aromatic N) is 2. The van der Waals surface area contributed by atoms with Crippen LogP contribution in [0, 0.1) is 0 Å². The largest absolute Gasteiger partial charge is 0.372 e. The first-order chi connectivity index (χ1) is 17.4. The summed E-state index contributed by atoms with van der Waals surface area (Å²) in [4.78, 5) is 1.06. The van der Waals surface area contributed by atoms with E-state index in [0.29, 0.717) is 18.4 Å². The van der Waals surface area contributed by atoms with E-state index in [9.17, 15) is 25.9 Å². The summed E-state index contributed by atoms with van der Waals surface area (Å²) in [6.45, 7) is 11.9. The second-order valence-electron chi connectivity index (χ2n) is 9.04. The molecule has 1 saturated carbocycles. The van der Waals surface area contributed by atoms with Crippen molar-refractivity contribution in [1.82, 2.24) is 0 Å². The molecule has 202 valence electrons. The molecule has 10 heteroatoms. The van der Waals surface area contributed by atoms with E-state index >= 15 is 0 Å². The zero-order valence-corrected chi connectivity index (χ0v) is 23.6. The monoisotopic (exact) mass is 549 g/mol. The molecule has 37 heavy (non-hydrogen) atoms. The summed E-state index contributed by atoms with van der Waals surface area (Å²) in [7, 11) is -9.47. The molecule has 1 aliphatic carbocycles. The molecule has 0 saturated heterocycles. The van der Waals surface area contributed by atoms with Crippen molar-refractivity contribution in [2.24, 2.45) is 0 Å². The van der Waals surface area contributed by atoms with E-state index in [1.165, 1.54) is 17.8 Å². The minimum Gasteiger partial charge on any atom is -0.372 e. The predicted molar refractivity (Wildman–Crippen MR) is 147 cm³/mol. The second-order valence-corrected chi connectivity index (χ2v) is 11.9. The van der Waals surface area contributed by atoms with E-state index in [2.05, 4.69) is 37.2 Å². The molecule has 0 bridgehead atoms. The summed E-state index contributed by atoms with van der Waals surface area (Å²) in [5.41, 5.74) is 5.10. The Morgan fingerprint density at radius 3 is 1.84 bits per heavy atom. The van der Waals surface area contributed by atoms with Gasteiger partial charge in [0.1, 0.15) is 18.0 Å². The molecule has 8 nitrogen and oxygen atoms in total. The molecule has 2 aromatic carbocycles. The van der Waals surface area contributed by atoms with E-state index in [1.54, 1.807) is 0 Å². The molecule has 0 aromatic heterocycles. The van der Waals surface area contributed by atoms with E-state index < -0.39 is 30.0 Å². The average Bonchev–Trinajstić information content (AvgIpc) is 2.86. The Morgan fingerprint density at radius 2 is 1.38 bits per heavy atom. The smallest absolute Gasteiger partial charge is 0.295 e. The van der Waals surface area contributed by atoms with Gasteiger partial charge in [0.15, 0.2) is 5.71 Å². The molecule has 1 aliphatic rings. The molecule has 1 fully saturated rings. The van der Waals surface area contributed by atoms with Crippen LogP contribution in [-0.2, 0) is 20.2 Å². The number of hydrogen-bond donors (Lipinski definition) is 2. The maximum Gasteiger partial charge on any atom is 0.295 e. The van der Waals surface area contributed by atoms with Crippen LogP contribution in [0.2, 0.25) is 0 Å². The molecule has 0 radical (unpaired) electrons. The minimum atomic E-state index is -4.80. The van der Waals surface area contributed by atoms with Crippen molar-refractivity contribution in [2.75, 3.05) is 31.1 Å². The lowest BCUT2D eigenvalue weighted by molar-refractivity contribution is -0.523. The minimum absolute atomic E-state index is 0.215. The van der Waals surface area contributed by atoms with Gasteiger partial charge in [-0.3, -0.25) is 9.11 Å². The van der Waals surface area contributed by atoms with Gasteiger partial charge in [-0.25, -0.2) is 4.58 Å². The van der Waals surface area contributed by atoms with Gasteiger partial charge in [0.25, 0.3) is 20.2 Å². The number of allylic oxidation sites excluding steroid dienone is 1. The van der Waals surface area contributed by atoms with Crippen LogP contribution in [0.15, 0.2) is 57.8 Å². The maximum absolute atomic E-state index is 12.4. The number of benzene rings is 2. The fraction of sp³-hybridized carbons (Fsp3) is 0.444. The molecule has 3 rings (SSSR count). The van der Waals surface area contributed by atoms with Crippen LogP contribution < -0.4 is 4.90 Å². The molecule has 0 heterocycles. The quantitative estimate of drug-likeness (QED) is 0.338. The SMILES string of the molecule is CCN(CC)c1ccc(C(=C2CCC(=[N+](CC)CC)CC2)c2ccc(S(=O)(=O)O)cc2S(=O)(=O)O)cc1. The van der Waals surface area contributed by atoms with Gasteiger partial charge in [0.05, 0.1) is 4.90 Å². The Bertz CT molecular complexity index is 1390. The molecular weight excluding hydrogens is 512 g/mol. The topological polar surface area (TPSA) is 115 Å². The summed E-state index contributed by atoms with van der Waals surface area (Å²) in [6, 6.07) is 11.2. The first-order valence-electron chi connectivity index (χ1n) is 12.7. The lowest BCUT2D eigenvalue weighted by Crippen LogP contribution is -2.24. The Balaban J connectivity index is 2.25. The van der Waals surface area contributed by atoms with Crippen molar-refractivity contribution in [3.63, 3.8) is 0 Å². The third-order valence-corrected chi connectivity index (χ3v) is 8.82. The summed E-state index contributed by atoms with van der Waals surface area (Å²) in [5, 5.41) is 0. The first-order valence-corrected chi connectivity index (χ1v) is 15.6. The van der Waals surface area contributed by atoms with Gasteiger partial charge in [-0.2, -0.15) is 16.8 Å². The van der Waals surface area contributed by atoms with Crippen LogP contribution in [0.3, 0.4) is 0 Å². The van der Waals surface area contributed by atoms with Gasteiger partial charge in [0, 0.05) is 37.2 Å². The van der Waals surface area contributed by atoms with Crippen LogP contribution in [0.5, 0.6) is 0 Å². The highest BCUT2D eigenvalue weighted by molar-refractivity contribution is 7.86. The fourth-order valence-electron chi connectivity index (χ4n) is 5.14. The Hall–Kier alpha value is -2.53. The Morgan fingerprint density at radius 1 is 0.811 bits per heavy atom. The Kier molecular flexibility index (Phi) is 9.33. The molecule has 2 N–H and O–H groups in total. The summed E-state index contributed by atoms with van der Waals surface area (Å²) < 4.78 is 70.3. The van der Waals surface area contributed by atoms with E-state index in [4.69, 9.17) is 0 Å². The molecular formula is C27H37N2O6S2+. The summed E-state index contributed by atoms with van der Waals surface area (Å²) >= 11 is 0. The van der Waals surface area contributed by atoms with Crippen LogP contribution in [-0.4, -0.2) is 62.4 Å². The molecule has 0 aliphatic heterocycles. The molecule has 0 atom stereocenters. The third-order valence-electron chi connectivity index (χ3n) is 7.08. The highest BCUT2D eigenvalue weighted by Crippen LogP contribution is 2.38. The summed E-state index contributed by atoms with van der Waals surface area (Å²) in [6.07, 6.45) is 3.10. The second kappa shape index (κ2) is 11.9. The lowest BCUT2D eigenvalue weighted by atomic mass is 9.84. The van der Waals surface area contributed by atoms with Crippen LogP contribution in [0.4, 0.5) is 5.69 Å². The van der Waals surface area contributed by atoms with E-state index in [1.807, 2.05) is 24.3 Å². The molecule has 0 amide bonds. The van der Waals surface area contributed by atoms with E-state index in [-0.39, 0.29) is 5.56 Å². The van der Waals surface area contributed by atoms with Gasteiger partial charge in [-0.1, -0.05) is 23.8 Å². The van der Waals surface area contributed by atoms with Gasteiger partial charge < -0.3 is 4.90 Å².